The van der Waals surface area contributed by atoms with E-state index in [1.165, 1.54) is 40.7 Å². The van der Waals surface area contributed by atoms with E-state index >= 15 is 0 Å². The van der Waals surface area contributed by atoms with E-state index in [0.717, 1.165) is 5.57 Å². The van der Waals surface area contributed by atoms with Gasteiger partial charge in [-0.15, -0.1) is 0 Å². The molecule has 0 saturated heterocycles. The van der Waals surface area contributed by atoms with Crippen LogP contribution in [0, 0.1) is 12.8 Å². The molecule has 0 heterocycles. The molecule has 0 radical (unpaired) electrons. The smallest absolute Gasteiger partial charge is 0.0179 e. The standard InChI is InChI=1S/C19H24/c1-13(2)17-11-10-14(3)18(12-17)19-15(4)8-6-7-9-16(19)5/h6,8,10-12,16H,1,7,9H2,2-5H3. The van der Waals surface area contributed by atoms with Crippen molar-refractivity contribution in [2.24, 2.45) is 5.92 Å². The number of rotatable bonds is 2. The van der Waals surface area contributed by atoms with Gasteiger partial charge in [-0.05, 0) is 73.4 Å². The van der Waals surface area contributed by atoms with Crippen molar-refractivity contribution in [3.8, 4) is 0 Å². The molecule has 1 aliphatic carbocycles. The van der Waals surface area contributed by atoms with Crippen LogP contribution in [0.15, 0.2) is 42.5 Å². The molecule has 0 amide bonds. The largest absolute Gasteiger partial charge is 0.0955 e. The summed E-state index contributed by atoms with van der Waals surface area (Å²) in [5, 5.41) is 0. The first-order valence-corrected chi connectivity index (χ1v) is 7.15. The summed E-state index contributed by atoms with van der Waals surface area (Å²) in [5.74, 6) is 0.620. The highest BCUT2D eigenvalue weighted by atomic mass is 14.2. The molecule has 2 rings (SSSR count). The molecule has 0 nitrogen and oxygen atoms in total. The van der Waals surface area contributed by atoms with Crippen molar-refractivity contribution in [1.29, 1.82) is 0 Å². The molecule has 0 heteroatoms. The van der Waals surface area contributed by atoms with Crippen LogP contribution in [0.3, 0.4) is 0 Å². The van der Waals surface area contributed by atoms with Crippen LogP contribution in [0.4, 0.5) is 0 Å². The minimum absolute atomic E-state index is 0.620. The zero-order valence-corrected chi connectivity index (χ0v) is 12.6. The van der Waals surface area contributed by atoms with Crippen LogP contribution in [0.2, 0.25) is 0 Å². The van der Waals surface area contributed by atoms with Crippen LogP contribution < -0.4 is 0 Å². The van der Waals surface area contributed by atoms with E-state index in [1.807, 2.05) is 0 Å². The van der Waals surface area contributed by atoms with Crippen molar-refractivity contribution < 1.29 is 0 Å². The molecule has 0 aromatic heterocycles. The minimum atomic E-state index is 0.620. The van der Waals surface area contributed by atoms with E-state index < -0.39 is 0 Å². The first-order chi connectivity index (χ1) is 9.00. The van der Waals surface area contributed by atoms with Crippen LogP contribution in [0.5, 0.6) is 0 Å². The average Bonchev–Trinajstić information content (AvgIpc) is 2.52. The van der Waals surface area contributed by atoms with Crippen molar-refractivity contribution in [2.75, 3.05) is 0 Å². The van der Waals surface area contributed by atoms with Gasteiger partial charge >= 0.3 is 0 Å². The number of hydrogen-bond acceptors (Lipinski definition) is 0. The Labute approximate surface area is 117 Å². The van der Waals surface area contributed by atoms with Gasteiger partial charge in [-0.2, -0.15) is 0 Å². The lowest BCUT2D eigenvalue weighted by Crippen LogP contribution is -2.02. The Morgan fingerprint density at radius 3 is 2.68 bits per heavy atom. The lowest BCUT2D eigenvalue weighted by molar-refractivity contribution is 0.677. The zero-order chi connectivity index (χ0) is 14.0. The monoisotopic (exact) mass is 252 g/mol. The van der Waals surface area contributed by atoms with E-state index in [2.05, 4.69) is 64.6 Å². The molecule has 1 aromatic carbocycles. The number of allylic oxidation sites excluding steroid dienone is 5. The van der Waals surface area contributed by atoms with Crippen LogP contribution in [-0.2, 0) is 0 Å². The first kappa shape index (κ1) is 13.9. The second-order valence-corrected chi connectivity index (χ2v) is 5.79. The number of hydrogen-bond donors (Lipinski definition) is 0. The lowest BCUT2D eigenvalue weighted by atomic mass is 9.85. The second kappa shape index (κ2) is 5.61. The summed E-state index contributed by atoms with van der Waals surface area (Å²) in [6.45, 7) is 12.9. The predicted octanol–water partition coefficient (Wildman–Crippen LogP) is 5.79. The summed E-state index contributed by atoms with van der Waals surface area (Å²) in [7, 11) is 0. The summed E-state index contributed by atoms with van der Waals surface area (Å²) in [6, 6.07) is 6.71. The maximum absolute atomic E-state index is 4.07. The highest BCUT2D eigenvalue weighted by Crippen LogP contribution is 2.35. The van der Waals surface area contributed by atoms with E-state index in [4.69, 9.17) is 0 Å². The van der Waals surface area contributed by atoms with E-state index in [1.54, 1.807) is 0 Å². The average molecular weight is 252 g/mol. The van der Waals surface area contributed by atoms with Gasteiger partial charge in [-0.3, -0.25) is 0 Å². The van der Waals surface area contributed by atoms with Crippen molar-refractivity contribution in [2.45, 2.75) is 40.5 Å². The third-order valence-corrected chi connectivity index (χ3v) is 4.07. The van der Waals surface area contributed by atoms with E-state index in [-0.39, 0.29) is 0 Å². The van der Waals surface area contributed by atoms with Gasteiger partial charge in [0, 0.05) is 0 Å². The summed E-state index contributed by atoms with van der Waals surface area (Å²) >= 11 is 0. The Morgan fingerprint density at radius 2 is 2.00 bits per heavy atom. The maximum Gasteiger partial charge on any atom is -0.0179 e. The van der Waals surface area contributed by atoms with Crippen molar-refractivity contribution in [3.05, 3.63) is 59.2 Å². The van der Waals surface area contributed by atoms with Crippen LogP contribution in [-0.4, -0.2) is 0 Å². The fourth-order valence-corrected chi connectivity index (χ4v) is 2.88. The summed E-state index contributed by atoms with van der Waals surface area (Å²) in [4.78, 5) is 0. The minimum Gasteiger partial charge on any atom is -0.0955 e. The Hall–Kier alpha value is -1.56. The SMILES string of the molecule is C=C(C)c1ccc(C)c(C2=C(C)C=CCCC2C)c1. The van der Waals surface area contributed by atoms with Gasteiger partial charge in [-0.1, -0.05) is 43.4 Å². The molecule has 0 fully saturated rings. The predicted molar refractivity (Wildman–Crippen MR) is 86.0 cm³/mol. The molecule has 1 atom stereocenters. The molecule has 0 bridgehead atoms. The fraction of sp³-hybridized carbons (Fsp3) is 0.368. The molecule has 1 unspecified atom stereocenters. The third kappa shape index (κ3) is 2.89. The van der Waals surface area contributed by atoms with Crippen LogP contribution >= 0.6 is 0 Å². The molecule has 100 valence electrons. The second-order valence-electron chi connectivity index (χ2n) is 5.79. The van der Waals surface area contributed by atoms with Gasteiger partial charge in [0.1, 0.15) is 0 Å². The number of aryl methyl sites for hydroxylation is 1. The van der Waals surface area contributed by atoms with E-state index in [0.29, 0.717) is 5.92 Å². The molecule has 0 spiro atoms. The van der Waals surface area contributed by atoms with Crippen molar-refractivity contribution in [1.82, 2.24) is 0 Å². The van der Waals surface area contributed by atoms with Crippen LogP contribution in [0.1, 0.15) is 50.3 Å². The Bertz CT molecular complexity index is 555. The van der Waals surface area contributed by atoms with Gasteiger partial charge in [0.25, 0.3) is 0 Å². The van der Waals surface area contributed by atoms with Gasteiger partial charge < -0.3 is 0 Å². The molecule has 0 N–H and O–H groups in total. The number of benzene rings is 1. The molecular weight excluding hydrogens is 228 g/mol. The molecule has 0 aliphatic heterocycles. The Balaban J connectivity index is 2.59. The molecule has 0 saturated carbocycles. The Kier molecular flexibility index (Phi) is 4.09. The fourth-order valence-electron chi connectivity index (χ4n) is 2.88. The van der Waals surface area contributed by atoms with Gasteiger partial charge in [0.15, 0.2) is 0 Å². The summed E-state index contributed by atoms with van der Waals surface area (Å²) in [6.07, 6.45) is 7.00. The highest BCUT2D eigenvalue weighted by molar-refractivity contribution is 5.77. The van der Waals surface area contributed by atoms with Gasteiger partial charge in [0.2, 0.25) is 0 Å². The summed E-state index contributed by atoms with van der Waals surface area (Å²) in [5.41, 5.74) is 8.07. The van der Waals surface area contributed by atoms with Crippen molar-refractivity contribution >= 4 is 11.1 Å². The topological polar surface area (TPSA) is 0 Å². The van der Waals surface area contributed by atoms with Gasteiger partial charge in [-0.25, -0.2) is 0 Å². The molecule has 1 aliphatic rings. The first-order valence-electron chi connectivity index (χ1n) is 7.15. The molecular formula is C19H24. The lowest BCUT2D eigenvalue weighted by Gasteiger charge is -2.20. The van der Waals surface area contributed by atoms with Gasteiger partial charge in [0.05, 0.1) is 0 Å². The normalized spacial score (nSPS) is 19.5. The zero-order valence-electron chi connectivity index (χ0n) is 12.6. The van der Waals surface area contributed by atoms with Crippen LogP contribution in [0.25, 0.3) is 11.1 Å². The molecule has 1 aromatic rings. The van der Waals surface area contributed by atoms with E-state index in [9.17, 15) is 0 Å². The summed E-state index contributed by atoms with van der Waals surface area (Å²) < 4.78 is 0. The Morgan fingerprint density at radius 1 is 1.26 bits per heavy atom. The van der Waals surface area contributed by atoms with Crippen molar-refractivity contribution in [3.63, 3.8) is 0 Å². The third-order valence-electron chi connectivity index (χ3n) is 4.07. The quantitative estimate of drug-likeness (QED) is 0.625. The highest BCUT2D eigenvalue weighted by Gasteiger charge is 2.17. The molecule has 19 heavy (non-hydrogen) atoms. The maximum atomic E-state index is 4.07.